The third kappa shape index (κ3) is 3.17. The molecule has 4 nitrogen and oxygen atoms in total. The van der Waals surface area contributed by atoms with Crippen LogP contribution in [0.4, 0.5) is 0 Å². The van der Waals surface area contributed by atoms with Crippen LogP contribution < -0.4 is 0 Å². The predicted molar refractivity (Wildman–Crippen MR) is 68.9 cm³/mol. The van der Waals surface area contributed by atoms with Crippen LogP contribution in [0.1, 0.15) is 43.3 Å². The fourth-order valence-electron chi connectivity index (χ4n) is 1.45. The number of carbonyl (C=O) groups is 1. The Morgan fingerprint density at radius 3 is 2.94 bits per heavy atom. The zero-order chi connectivity index (χ0) is 13.1. The fraction of sp³-hybridized carbons (Fsp3) is 0.462. The maximum atomic E-state index is 11.6. The quantitative estimate of drug-likeness (QED) is 0.475. The standard InChI is InChI=1S/C13H14N2O2S/c1-8(2)17-13(16)10(6-14)5-11-7-18-12(15-11)9-3-4-9/h5,7-9H,3-4H2,1-2H3. The molecule has 1 aromatic rings. The van der Waals surface area contributed by atoms with Crippen molar-refractivity contribution in [1.29, 1.82) is 5.26 Å². The van der Waals surface area contributed by atoms with Gasteiger partial charge in [-0.3, -0.25) is 0 Å². The van der Waals surface area contributed by atoms with Gasteiger partial charge in [-0.05, 0) is 32.8 Å². The van der Waals surface area contributed by atoms with Gasteiger partial charge in [0.05, 0.1) is 16.8 Å². The van der Waals surface area contributed by atoms with Gasteiger partial charge in [0.15, 0.2) is 0 Å². The molecule has 0 saturated heterocycles. The second-order valence-corrected chi connectivity index (χ2v) is 5.40. The van der Waals surface area contributed by atoms with E-state index in [-0.39, 0.29) is 11.7 Å². The Kier molecular flexibility index (Phi) is 3.78. The summed E-state index contributed by atoms with van der Waals surface area (Å²) in [6.45, 7) is 3.50. The molecular weight excluding hydrogens is 248 g/mol. The second-order valence-electron chi connectivity index (χ2n) is 4.51. The largest absolute Gasteiger partial charge is 0.459 e. The van der Waals surface area contributed by atoms with Gasteiger partial charge in [0.1, 0.15) is 11.6 Å². The van der Waals surface area contributed by atoms with Crippen LogP contribution in [-0.2, 0) is 9.53 Å². The number of thiazole rings is 1. The minimum absolute atomic E-state index is 0.00338. The van der Waals surface area contributed by atoms with Crippen LogP contribution in [-0.4, -0.2) is 17.1 Å². The Balaban J connectivity index is 2.12. The molecule has 1 aliphatic rings. The van der Waals surface area contributed by atoms with Gasteiger partial charge in [0.25, 0.3) is 0 Å². The smallest absolute Gasteiger partial charge is 0.349 e. The maximum absolute atomic E-state index is 11.6. The lowest BCUT2D eigenvalue weighted by Crippen LogP contribution is -2.12. The summed E-state index contributed by atoms with van der Waals surface area (Å²) in [5, 5.41) is 11.9. The number of nitriles is 1. The van der Waals surface area contributed by atoms with Crippen molar-refractivity contribution in [2.45, 2.75) is 38.7 Å². The number of hydrogen-bond donors (Lipinski definition) is 0. The zero-order valence-corrected chi connectivity index (χ0v) is 11.2. The monoisotopic (exact) mass is 262 g/mol. The molecule has 0 amide bonds. The molecule has 0 radical (unpaired) electrons. The Morgan fingerprint density at radius 1 is 1.67 bits per heavy atom. The van der Waals surface area contributed by atoms with Crippen LogP contribution in [0.3, 0.4) is 0 Å². The molecule has 0 aromatic carbocycles. The summed E-state index contributed by atoms with van der Waals surface area (Å²) in [5.74, 6) is -0.00114. The van der Waals surface area contributed by atoms with Crippen LogP contribution >= 0.6 is 11.3 Å². The summed E-state index contributed by atoms with van der Waals surface area (Å²) in [4.78, 5) is 16.0. The number of hydrogen-bond acceptors (Lipinski definition) is 5. The van der Waals surface area contributed by atoms with E-state index in [9.17, 15) is 4.79 Å². The van der Waals surface area contributed by atoms with Crippen LogP contribution in [0.2, 0.25) is 0 Å². The number of esters is 1. The number of aromatic nitrogens is 1. The topological polar surface area (TPSA) is 63.0 Å². The average molecular weight is 262 g/mol. The average Bonchev–Trinajstić information content (AvgIpc) is 3.05. The maximum Gasteiger partial charge on any atom is 0.349 e. The van der Waals surface area contributed by atoms with Crippen molar-refractivity contribution in [1.82, 2.24) is 4.98 Å². The Bertz CT molecular complexity index is 521. The van der Waals surface area contributed by atoms with E-state index < -0.39 is 5.97 Å². The van der Waals surface area contributed by atoms with E-state index in [4.69, 9.17) is 10.00 Å². The highest BCUT2D eigenvalue weighted by atomic mass is 32.1. The molecule has 0 spiro atoms. The van der Waals surface area contributed by atoms with Crippen molar-refractivity contribution in [2.75, 3.05) is 0 Å². The molecule has 94 valence electrons. The first-order valence-electron chi connectivity index (χ1n) is 5.88. The summed E-state index contributed by atoms with van der Waals surface area (Å²) in [7, 11) is 0. The van der Waals surface area contributed by atoms with E-state index in [1.165, 1.54) is 18.9 Å². The van der Waals surface area contributed by atoms with E-state index in [2.05, 4.69) is 4.98 Å². The minimum atomic E-state index is -0.589. The lowest BCUT2D eigenvalue weighted by molar-refractivity contribution is -0.142. The van der Waals surface area contributed by atoms with Crippen LogP contribution in [0.25, 0.3) is 6.08 Å². The van der Waals surface area contributed by atoms with Crippen molar-refractivity contribution < 1.29 is 9.53 Å². The summed E-state index contributed by atoms with van der Waals surface area (Å²) >= 11 is 1.58. The van der Waals surface area contributed by atoms with Gasteiger partial charge >= 0.3 is 5.97 Å². The van der Waals surface area contributed by atoms with Crippen LogP contribution in [0.15, 0.2) is 11.0 Å². The molecule has 1 aromatic heterocycles. The highest BCUT2D eigenvalue weighted by Crippen LogP contribution is 2.41. The highest BCUT2D eigenvalue weighted by molar-refractivity contribution is 7.09. The van der Waals surface area contributed by atoms with E-state index in [1.54, 1.807) is 25.2 Å². The van der Waals surface area contributed by atoms with Gasteiger partial charge < -0.3 is 4.74 Å². The summed E-state index contributed by atoms with van der Waals surface area (Å²) < 4.78 is 4.99. The lowest BCUT2D eigenvalue weighted by atomic mass is 10.2. The first-order chi connectivity index (χ1) is 8.60. The van der Waals surface area contributed by atoms with Crippen molar-refractivity contribution in [2.24, 2.45) is 0 Å². The minimum Gasteiger partial charge on any atom is -0.459 e. The number of carbonyl (C=O) groups excluding carboxylic acids is 1. The van der Waals surface area contributed by atoms with E-state index in [0.29, 0.717) is 11.6 Å². The molecule has 0 bridgehead atoms. The molecule has 1 aliphatic carbocycles. The van der Waals surface area contributed by atoms with Crippen LogP contribution in [0.5, 0.6) is 0 Å². The van der Waals surface area contributed by atoms with Crippen molar-refractivity contribution >= 4 is 23.4 Å². The first kappa shape index (κ1) is 12.8. The molecule has 0 atom stereocenters. The first-order valence-corrected chi connectivity index (χ1v) is 6.76. The SMILES string of the molecule is CC(C)OC(=O)C(C#N)=Cc1csc(C2CC2)n1. The normalized spacial score (nSPS) is 15.6. The van der Waals surface area contributed by atoms with Gasteiger partial charge in [0, 0.05) is 11.3 Å². The highest BCUT2D eigenvalue weighted by Gasteiger charge is 2.26. The van der Waals surface area contributed by atoms with Gasteiger partial charge in [-0.15, -0.1) is 11.3 Å². The Labute approximate surface area is 110 Å². The molecule has 5 heteroatoms. The molecule has 1 heterocycles. The van der Waals surface area contributed by atoms with E-state index in [1.807, 2.05) is 11.4 Å². The van der Waals surface area contributed by atoms with Crippen molar-refractivity contribution in [3.05, 3.63) is 21.7 Å². The molecule has 0 N–H and O–H groups in total. The predicted octanol–water partition coefficient (Wildman–Crippen LogP) is 2.88. The van der Waals surface area contributed by atoms with Gasteiger partial charge in [-0.25, -0.2) is 9.78 Å². The second kappa shape index (κ2) is 5.32. The molecular formula is C13H14N2O2S. The third-order valence-corrected chi connectivity index (χ3v) is 3.47. The summed E-state index contributed by atoms with van der Waals surface area (Å²) in [6, 6.07) is 1.86. The zero-order valence-electron chi connectivity index (χ0n) is 10.3. The Hall–Kier alpha value is -1.67. The van der Waals surface area contributed by atoms with Crippen molar-refractivity contribution in [3.63, 3.8) is 0 Å². The van der Waals surface area contributed by atoms with E-state index >= 15 is 0 Å². The van der Waals surface area contributed by atoms with Gasteiger partial charge in [0.2, 0.25) is 0 Å². The molecule has 1 fully saturated rings. The van der Waals surface area contributed by atoms with Crippen molar-refractivity contribution in [3.8, 4) is 6.07 Å². The third-order valence-electron chi connectivity index (χ3n) is 2.44. The molecule has 0 unspecified atom stereocenters. The number of rotatable bonds is 4. The number of nitrogens with zero attached hydrogens (tertiary/aromatic N) is 2. The van der Waals surface area contributed by atoms with Gasteiger partial charge in [-0.1, -0.05) is 0 Å². The Morgan fingerprint density at radius 2 is 2.39 bits per heavy atom. The summed E-state index contributed by atoms with van der Waals surface area (Å²) in [6.07, 6.45) is 3.65. The molecule has 0 aliphatic heterocycles. The number of ether oxygens (including phenoxy) is 1. The molecule has 2 rings (SSSR count). The van der Waals surface area contributed by atoms with E-state index in [0.717, 1.165) is 5.01 Å². The van der Waals surface area contributed by atoms with Crippen LogP contribution in [0, 0.1) is 11.3 Å². The lowest BCUT2D eigenvalue weighted by Gasteiger charge is -2.05. The summed E-state index contributed by atoms with van der Waals surface area (Å²) in [5.41, 5.74) is 0.663. The fourth-order valence-corrected chi connectivity index (χ4v) is 2.40. The van der Waals surface area contributed by atoms with Gasteiger partial charge in [-0.2, -0.15) is 5.26 Å². The molecule has 1 saturated carbocycles. The molecule has 18 heavy (non-hydrogen) atoms.